The Hall–Kier alpha value is -2.65. The van der Waals surface area contributed by atoms with Crippen LogP contribution in [0.5, 0.6) is 11.5 Å². The predicted molar refractivity (Wildman–Crippen MR) is 110 cm³/mol. The van der Waals surface area contributed by atoms with Crippen molar-refractivity contribution in [2.75, 3.05) is 12.1 Å². The summed E-state index contributed by atoms with van der Waals surface area (Å²) >= 11 is 6.66. The van der Waals surface area contributed by atoms with Gasteiger partial charge in [0.2, 0.25) is 0 Å². The first-order chi connectivity index (χ1) is 13.3. The van der Waals surface area contributed by atoms with Crippen LogP contribution in [-0.4, -0.2) is 24.9 Å². The van der Waals surface area contributed by atoms with Gasteiger partial charge in [0.1, 0.15) is 5.57 Å². The maximum Gasteiger partial charge on any atom is 0.308 e. The Morgan fingerprint density at radius 3 is 2.57 bits per heavy atom. The lowest BCUT2D eigenvalue weighted by atomic mass is 10.1. The molecule has 0 aliphatic carbocycles. The molecule has 0 radical (unpaired) electrons. The predicted octanol–water partition coefficient (Wildman–Crippen LogP) is 3.61. The number of carbonyl (C=O) groups is 3. The SMILES string of the molecule is COc1cc(/C=C2/C(=O)NN(c3cccc(Br)c3)C2=O)cc(Br)c1OC(C)=O. The topological polar surface area (TPSA) is 84.9 Å². The standard InChI is InChI=1S/C19H14Br2N2O5/c1-10(24)28-17-15(21)7-11(8-16(17)27-2)6-14-18(25)22-23(19(14)26)13-5-3-4-12(20)9-13/h3-9H,1-2H3,(H,22,25)/b14-6-. The van der Waals surface area contributed by atoms with Gasteiger partial charge in [-0.2, -0.15) is 0 Å². The van der Waals surface area contributed by atoms with Gasteiger partial charge in [-0.3, -0.25) is 19.8 Å². The highest BCUT2D eigenvalue weighted by Crippen LogP contribution is 2.37. The van der Waals surface area contributed by atoms with Crippen molar-refractivity contribution in [2.45, 2.75) is 6.92 Å². The minimum atomic E-state index is -0.524. The van der Waals surface area contributed by atoms with Gasteiger partial charge >= 0.3 is 5.97 Å². The number of halogens is 2. The summed E-state index contributed by atoms with van der Waals surface area (Å²) in [6.45, 7) is 1.28. The minimum absolute atomic E-state index is 0.0332. The Kier molecular flexibility index (Phi) is 5.85. The molecule has 0 bridgehead atoms. The molecule has 0 saturated carbocycles. The zero-order valence-electron chi connectivity index (χ0n) is 14.8. The molecule has 2 aromatic rings. The zero-order chi connectivity index (χ0) is 20.4. The molecular weight excluding hydrogens is 496 g/mol. The quantitative estimate of drug-likeness (QED) is 0.294. The molecule has 144 valence electrons. The average Bonchev–Trinajstić information content (AvgIpc) is 2.91. The number of nitrogens with one attached hydrogen (secondary N) is 1. The van der Waals surface area contributed by atoms with Gasteiger partial charge < -0.3 is 9.47 Å². The second-order valence-corrected chi connectivity index (χ2v) is 7.52. The fourth-order valence-corrected chi connectivity index (χ4v) is 3.51. The van der Waals surface area contributed by atoms with E-state index in [0.717, 1.165) is 4.47 Å². The number of nitrogens with zero attached hydrogens (tertiary/aromatic N) is 1. The number of amides is 2. The lowest BCUT2D eigenvalue weighted by Crippen LogP contribution is -2.35. The third kappa shape index (κ3) is 4.10. The second-order valence-electron chi connectivity index (χ2n) is 5.75. The van der Waals surface area contributed by atoms with Crippen molar-refractivity contribution in [1.29, 1.82) is 0 Å². The van der Waals surface area contributed by atoms with Crippen LogP contribution in [0.4, 0.5) is 5.69 Å². The molecule has 3 rings (SSSR count). The first-order valence-corrected chi connectivity index (χ1v) is 9.57. The maximum absolute atomic E-state index is 12.7. The van der Waals surface area contributed by atoms with Gasteiger partial charge in [0.25, 0.3) is 11.8 Å². The summed E-state index contributed by atoms with van der Waals surface area (Å²) in [4.78, 5) is 36.3. The van der Waals surface area contributed by atoms with E-state index in [1.54, 1.807) is 30.3 Å². The fourth-order valence-electron chi connectivity index (χ4n) is 2.59. The van der Waals surface area contributed by atoms with Crippen molar-refractivity contribution in [3.63, 3.8) is 0 Å². The molecule has 0 atom stereocenters. The Morgan fingerprint density at radius 1 is 1.18 bits per heavy atom. The first kappa shape index (κ1) is 20.1. The van der Waals surface area contributed by atoms with E-state index in [9.17, 15) is 14.4 Å². The maximum atomic E-state index is 12.7. The molecule has 0 unspecified atom stereocenters. The number of benzene rings is 2. The summed E-state index contributed by atoms with van der Waals surface area (Å²) in [5.41, 5.74) is 3.56. The van der Waals surface area contributed by atoms with E-state index in [1.165, 1.54) is 25.1 Å². The number of rotatable bonds is 4. The van der Waals surface area contributed by atoms with Crippen LogP contribution in [0.15, 0.2) is 50.9 Å². The number of carbonyl (C=O) groups excluding carboxylic acids is 3. The van der Waals surface area contributed by atoms with Gasteiger partial charge in [-0.15, -0.1) is 0 Å². The molecule has 1 aliphatic heterocycles. The van der Waals surface area contributed by atoms with E-state index in [1.807, 2.05) is 6.07 Å². The summed E-state index contributed by atoms with van der Waals surface area (Å²) in [5.74, 6) is -1.01. The molecular formula is C19H14Br2N2O5. The lowest BCUT2D eigenvalue weighted by molar-refractivity contribution is -0.132. The largest absolute Gasteiger partial charge is 0.493 e. The third-order valence-corrected chi connectivity index (χ3v) is 4.85. The molecule has 7 nitrogen and oxygen atoms in total. The van der Waals surface area contributed by atoms with Gasteiger partial charge in [0.15, 0.2) is 11.5 Å². The van der Waals surface area contributed by atoms with E-state index >= 15 is 0 Å². The number of ether oxygens (including phenoxy) is 2. The molecule has 0 spiro atoms. The normalized spacial score (nSPS) is 15.0. The van der Waals surface area contributed by atoms with Crippen LogP contribution >= 0.6 is 31.9 Å². The van der Waals surface area contributed by atoms with Crippen molar-refractivity contribution in [3.8, 4) is 11.5 Å². The Labute approximate surface area is 177 Å². The number of hydrogen-bond acceptors (Lipinski definition) is 5. The van der Waals surface area contributed by atoms with E-state index in [0.29, 0.717) is 15.7 Å². The minimum Gasteiger partial charge on any atom is -0.493 e. The van der Waals surface area contributed by atoms with Gasteiger partial charge in [-0.1, -0.05) is 22.0 Å². The number of methoxy groups -OCH3 is 1. The molecule has 1 fully saturated rings. The van der Waals surface area contributed by atoms with Crippen LogP contribution in [0.3, 0.4) is 0 Å². The number of anilines is 1. The number of esters is 1. The van der Waals surface area contributed by atoms with Crippen LogP contribution in [0.2, 0.25) is 0 Å². The summed E-state index contributed by atoms with van der Waals surface area (Å²) < 4.78 is 11.6. The number of hydrogen-bond donors (Lipinski definition) is 1. The van der Waals surface area contributed by atoms with Crippen molar-refractivity contribution in [1.82, 2.24) is 5.43 Å². The van der Waals surface area contributed by atoms with Crippen LogP contribution in [0, 0.1) is 0 Å². The molecule has 1 N–H and O–H groups in total. The monoisotopic (exact) mass is 508 g/mol. The fraction of sp³-hybridized carbons (Fsp3) is 0.105. The zero-order valence-corrected chi connectivity index (χ0v) is 18.0. The Morgan fingerprint density at radius 2 is 1.93 bits per heavy atom. The average molecular weight is 510 g/mol. The van der Waals surface area contributed by atoms with Crippen LogP contribution < -0.4 is 19.9 Å². The van der Waals surface area contributed by atoms with Crippen LogP contribution in [0.1, 0.15) is 12.5 Å². The van der Waals surface area contributed by atoms with Crippen molar-refractivity contribution >= 4 is 61.4 Å². The molecule has 0 aromatic heterocycles. The van der Waals surface area contributed by atoms with E-state index < -0.39 is 17.8 Å². The van der Waals surface area contributed by atoms with Crippen LogP contribution in [-0.2, 0) is 14.4 Å². The molecule has 28 heavy (non-hydrogen) atoms. The Balaban J connectivity index is 1.97. The first-order valence-electron chi connectivity index (χ1n) is 7.99. The third-order valence-electron chi connectivity index (χ3n) is 3.77. The second kappa shape index (κ2) is 8.15. The van der Waals surface area contributed by atoms with Gasteiger partial charge in [-0.05, 0) is 57.9 Å². The number of hydrazine groups is 1. The summed E-state index contributed by atoms with van der Waals surface area (Å²) in [6, 6.07) is 10.2. The van der Waals surface area contributed by atoms with Crippen molar-refractivity contribution in [2.24, 2.45) is 0 Å². The van der Waals surface area contributed by atoms with E-state index in [-0.39, 0.29) is 17.1 Å². The summed E-state index contributed by atoms with van der Waals surface area (Å²) in [5, 5.41) is 1.18. The highest BCUT2D eigenvalue weighted by Gasteiger charge is 2.34. The molecule has 1 heterocycles. The highest BCUT2D eigenvalue weighted by atomic mass is 79.9. The van der Waals surface area contributed by atoms with Gasteiger partial charge in [0, 0.05) is 11.4 Å². The summed E-state index contributed by atoms with van der Waals surface area (Å²) in [7, 11) is 1.42. The highest BCUT2D eigenvalue weighted by molar-refractivity contribution is 9.10. The Bertz CT molecular complexity index is 1020. The van der Waals surface area contributed by atoms with Gasteiger partial charge in [-0.25, -0.2) is 5.01 Å². The van der Waals surface area contributed by atoms with E-state index in [4.69, 9.17) is 9.47 Å². The molecule has 2 amide bonds. The summed E-state index contributed by atoms with van der Waals surface area (Å²) in [6.07, 6.45) is 1.44. The smallest absolute Gasteiger partial charge is 0.308 e. The molecule has 9 heteroatoms. The van der Waals surface area contributed by atoms with Crippen molar-refractivity contribution < 1.29 is 23.9 Å². The van der Waals surface area contributed by atoms with Gasteiger partial charge in [0.05, 0.1) is 17.3 Å². The van der Waals surface area contributed by atoms with E-state index in [2.05, 4.69) is 37.3 Å². The van der Waals surface area contributed by atoms with Crippen LogP contribution in [0.25, 0.3) is 6.08 Å². The lowest BCUT2D eigenvalue weighted by Gasteiger charge is -2.14. The van der Waals surface area contributed by atoms with Crippen molar-refractivity contribution in [3.05, 3.63) is 56.5 Å². The molecule has 1 saturated heterocycles. The molecule has 1 aliphatic rings. The molecule has 2 aromatic carbocycles.